The molecule has 0 aromatic rings. The molecule has 2 unspecified atom stereocenters. The minimum absolute atomic E-state index is 0.221. The monoisotopic (exact) mass is 268 g/mol. The summed E-state index contributed by atoms with van der Waals surface area (Å²) in [6.07, 6.45) is 4.32. The van der Waals surface area contributed by atoms with Gasteiger partial charge in [-0.05, 0) is 19.8 Å². The van der Waals surface area contributed by atoms with Crippen LogP contribution < -0.4 is 5.32 Å². The van der Waals surface area contributed by atoms with Gasteiger partial charge in [-0.3, -0.25) is 4.79 Å². The molecule has 0 aliphatic heterocycles. The first-order valence-corrected chi connectivity index (χ1v) is 6.80. The van der Waals surface area contributed by atoms with Crippen molar-refractivity contribution in [1.82, 2.24) is 10.2 Å². The van der Waals surface area contributed by atoms with Crippen LogP contribution in [-0.4, -0.2) is 41.6 Å². The largest absolute Gasteiger partial charge is 0.481 e. The van der Waals surface area contributed by atoms with Gasteiger partial charge in [-0.15, -0.1) is 0 Å². The Kier molecular flexibility index (Phi) is 5.86. The van der Waals surface area contributed by atoms with E-state index in [0.29, 0.717) is 13.0 Å². The zero-order valence-corrected chi connectivity index (χ0v) is 11.8. The Morgan fingerprint density at radius 3 is 2.53 bits per heavy atom. The predicted molar refractivity (Wildman–Crippen MR) is 74.0 cm³/mol. The topological polar surface area (TPSA) is 69.6 Å². The molecular formula is C14H24N2O3. The lowest BCUT2D eigenvalue weighted by molar-refractivity contribution is -0.142. The average molecular weight is 268 g/mol. The van der Waals surface area contributed by atoms with Crippen LogP contribution in [0.1, 0.15) is 39.0 Å². The fourth-order valence-electron chi connectivity index (χ4n) is 2.52. The highest BCUT2D eigenvalue weighted by atomic mass is 16.4. The van der Waals surface area contributed by atoms with Crippen LogP contribution in [0.3, 0.4) is 0 Å². The minimum Gasteiger partial charge on any atom is -0.481 e. The molecule has 2 amide bonds. The third-order valence-corrected chi connectivity index (χ3v) is 3.50. The Labute approximate surface area is 114 Å². The maximum Gasteiger partial charge on any atom is 0.317 e. The lowest BCUT2D eigenvalue weighted by Gasteiger charge is -2.26. The summed E-state index contributed by atoms with van der Waals surface area (Å²) in [4.78, 5) is 24.8. The lowest BCUT2D eigenvalue weighted by atomic mass is 9.95. The zero-order valence-electron chi connectivity index (χ0n) is 11.8. The van der Waals surface area contributed by atoms with Crippen LogP contribution in [-0.2, 0) is 4.79 Å². The van der Waals surface area contributed by atoms with Crippen molar-refractivity contribution in [1.29, 1.82) is 0 Å². The van der Waals surface area contributed by atoms with Gasteiger partial charge < -0.3 is 15.3 Å². The molecular weight excluding hydrogens is 244 g/mol. The summed E-state index contributed by atoms with van der Waals surface area (Å²) in [7, 11) is 1.69. The second kappa shape index (κ2) is 7.16. The Morgan fingerprint density at radius 2 is 1.95 bits per heavy atom. The number of nitrogens with one attached hydrogen (secondary N) is 1. The number of urea groups is 1. The molecule has 1 saturated carbocycles. The third kappa shape index (κ3) is 4.93. The van der Waals surface area contributed by atoms with Gasteiger partial charge in [0.2, 0.25) is 0 Å². The van der Waals surface area contributed by atoms with E-state index in [2.05, 4.69) is 11.9 Å². The standard InChI is InChI=1S/C14H24N2O3/c1-10(2)9-16(3)14(19)15-12-8-6-4-5-7-11(12)13(17)18/h11-12H,1,4-9H2,2-3H3,(H,15,19)(H,17,18). The molecule has 5 nitrogen and oxygen atoms in total. The SMILES string of the molecule is C=C(C)CN(C)C(=O)NC1CCCCCC1C(=O)O. The molecule has 0 saturated heterocycles. The number of aliphatic carboxylic acids is 1. The van der Waals surface area contributed by atoms with E-state index < -0.39 is 11.9 Å². The maximum atomic E-state index is 12.0. The van der Waals surface area contributed by atoms with Gasteiger partial charge in [0.1, 0.15) is 0 Å². The molecule has 5 heteroatoms. The van der Waals surface area contributed by atoms with Gasteiger partial charge in [-0.25, -0.2) is 4.79 Å². The lowest BCUT2D eigenvalue weighted by Crippen LogP contribution is -2.48. The number of likely N-dealkylation sites (N-methyl/N-ethyl adjacent to an activating group) is 1. The highest BCUT2D eigenvalue weighted by Crippen LogP contribution is 2.24. The molecule has 0 heterocycles. The Hall–Kier alpha value is -1.52. The van der Waals surface area contributed by atoms with Crippen LogP contribution in [0, 0.1) is 5.92 Å². The fraction of sp³-hybridized carbons (Fsp3) is 0.714. The fourth-order valence-corrected chi connectivity index (χ4v) is 2.52. The van der Waals surface area contributed by atoms with Crippen molar-refractivity contribution in [3.63, 3.8) is 0 Å². The van der Waals surface area contributed by atoms with Crippen LogP contribution in [0.2, 0.25) is 0 Å². The number of rotatable bonds is 4. The Bertz CT molecular complexity index is 355. The van der Waals surface area contributed by atoms with Crippen molar-refractivity contribution < 1.29 is 14.7 Å². The first kappa shape index (κ1) is 15.5. The van der Waals surface area contributed by atoms with Gasteiger partial charge in [0.25, 0.3) is 0 Å². The molecule has 0 spiro atoms. The molecule has 2 N–H and O–H groups in total. The van der Waals surface area contributed by atoms with E-state index in [1.54, 1.807) is 7.05 Å². The van der Waals surface area contributed by atoms with E-state index in [1.807, 2.05) is 6.92 Å². The van der Waals surface area contributed by atoms with Gasteiger partial charge in [0.15, 0.2) is 0 Å². The molecule has 1 aliphatic carbocycles. The van der Waals surface area contributed by atoms with E-state index in [4.69, 9.17) is 0 Å². The predicted octanol–water partition coefficient (Wildman–Crippen LogP) is 2.24. The van der Waals surface area contributed by atoms with Crippen LogP contribution in [0.15, 0.2) is 12.2 Å². The van der Waals surface area contributed by atoms with E-state index in [-0.39, 0.29) is 12.1 Å². The second-order valence-corrected chi connectivity index (χ2v) is 5.45. The molecule has 0 aromatic heterocycles. The van der Waals surface area contributed by atoms with Crippen molar-refractivity contribution >= 4 is 12.0 Å². The molecule has 108 valence electrons. The maximum absolute atomic E-state index is 12.0. The number of nitrogens with zero attached hydrogens (tertiary/aromatic N) is 1. The number of carbonyl (C=O) groups excluding carboxylic acids is 1. The molecule has 2 atom stereocenters. The van der Waals surface area contributed by atoms with Crippen molar-refractivity contribution in [2.75, 3.05) is 13.6 Å². The molecule has 0 radical (unpaired) electrons. The van der Waals surface area contributed by atoms with Crippen molar-refractivity contribution in [3.05, 3.63) is 12.2 Å². The van der Waals surface area contributed by atoms with Gasteiger partial charge in [-0.2, -0.15) is 0 Å². The molecule has 0 aromatic carbocycles. The summed E-state index contributed by atoms with van der Waals surface area (Å²) >= 11 is 0. The van der Waals surface area contributed by atoms with Crippen molar-refractivity contribution in [3.8, 4) is 0 Å². The number of carbonyl (C=O) groups is 2. The Morgan fingerprint density at radius 1 is 1.32 bits per heavy atom. The third-order valence-electron chi connectivity index (χ3n) is 3.50. The van der Waals surface area contributed by atoms with Gasteiger partial charge >= 0.3 is 12.0 Å². The molecule has 1 rings (SSSR count). The van der Waals surface area contributed by atoms with E-state index >= 15 is 0 Å². The first-order valence-electron chi connectivity index (χ1n) is 6.80. The molecule has 0 bridgehead atoms. The first-order chi connectivity index (χ1) is 8.91. The van der Waals surface area contributed by atoms with E-state index in [9.17, 15) is 14.7 Å². The number of hydrogen-bond acceptors (Lipinski definition) is 2. The second-order valence-electron chi connectivity index (χ2n) is 5.45. The normalized spacial score (nSPS) is 23.3. The van der Waals surface area contributed by atoms with Crippen LogP contribution in [0.25, 0.3) is 0 Å². The number of amides is 2. The summed E-state index contributed by atoms with van der Waals surface area (Å²) in [5.74, 6) is -1.28. The number of carboxylic acid groups (broad SMARTS) is 1. The van der Waals surface area contributed by atoms with E-state index in [1.165, 1.54) is 4.90 Å². The summed E-state index contributed by atoms with van der Waals surface area (Å²) in [5.41, 5.74) is 0.897. The minimum atomic E-state index is -0.810. The van der Waals surface area contributed by atoms with Crippen molar-refractivity contribution in [2.45, 2.75) is 45.1 Å². The smallest absolute Gasteiger partial charge is 0.317 e. The quantitative estimate of drug-likeness (QED) is 0.607. The van der Waals surface area contributed by atoms with E-state index in [0.717, 1.165) is 31.3 Å². The van der Waals surface area contributed by atoms with Crippen molar-refractivity contribution in [2.24, 2.45) is 5.92 Å². The summed E-state index contributed by atoms with van der Waals surface area (Å²) in [6, 6.07) is -0.485. The zero-order chi connectivity index (χ0) is 14.4. The average Bonchev–Trinajstić information content (AvgIpc) is 2.53. The number of carboxylic acids is 1. The Balaban J connectivity index is 2.62. The van der Waals surface area contributed by atoms with Gasteiger partial charge in [0.05, 0.1) is 5.92 Å². The summed E-state index contributed by atoms with van der Waals surface area (Å²) < 4.78 is 0. The van der Waals surface area contributed by atoms with Crippen LogP contribution in [0.4, 0.5) is 4.79 Å². The van der Waals surface area contributed by atoms with Crippen LogP contribution >= 0.6 is 0 Å². The van der Waals surface area contributed by atoms with Gasteiger partial charge in [-0.1, -0.05) is 31.4 Å². The molecule has 1 aliphatic rings. The van der Waals surface area contributed by atoms with Gasteiger partial charge in [0, 0.05) is 19.6 Å². The summed E-state index contributed by atoms with van der Waals surface area (Å²) in [6.45, 7) is 6.11. The molecule has 1 fully saturated rings. The summed E-state index contributed by atoms with van der Waals surface area (Å²) in [5, 5.41) is 12.1. The van der Waals surface area contributed by atoms with Crippen LogP contribution in [0.5, 0.6) is 0 Å². The number of hydrogen-bond donors (Lipinski definition) is 2. The highest BCUT2D eigenvalue weighted by Gasteiger charge is 2.31. The highest BCUT2D eigenvalue weighted by molar-refractivity contribution is 5.76. The molecule has 19 heavy (non-hydrogen) atoms.